The molecule has 8 atom stereocenters. The number of nitrogens with zero attached hydrogens (tertiary/aromatic N) is 8. The molecule has 9 heterocycles. The third-order valence-electron chi connectivity index (χ3n) is 18.7. The fourth-order valence-corrected chi connectivity index (χ4v) is 14.8. The van der Waals surface area contributed by atoms with E-state index in [1.807, 2.05) is 24.4 Å². The lowest BCUT2D eigenvalue weighted by molar-refractivity contribution is -0.156. The molecule has 5 aliphatic heterocycles. The summed E-state index contributed by atoms with van der Waals surface area (Å²) in [5, 5.41) is 8.92. The number of carbonyl (C=O) groups excluding carboxylic acids is 3. The van der Waals surface area contributed by atoms with E-state index in [0.717, 1.165) is 119 Å². The van der Waals surface area contributed by atoms with Gasteiger partial charge in [0.15, 0.2) is 0 Å². The number of hydrogen-bond donors (Lipinski definition) is 2. The number of ether oxygens (including phenoxy) is 4. The Morgan fingerprint density at radius 2 is 1.78 bits per heavy atom. The van der Waals surface area contributed by atoms with Gasteiger partial charge in [0.05, 0.1) is 66.5 Å². The van der Waals surface area contributed by atoms with E-state index in [1.165, 1.54) is 12.8 Å². The van der Waals surface area contributed by atoms with E-state index >= 15 is 4.79 Å². The van der Waals surface area contributed by atoms with Crippen molar-refractivity contribution in [3.05, 3.63) is 82.2 Å². The van der Waals surface area contributed by atoms with Gasteiger partial charge in [0, 0.05) is 128 Å². The van der Waals surface area contributed by atoms with Crippen molar-refractivity contribution in [2.75, 3.05) is 71.1 Å². The van der Waals surface area contributed by atoms with Gasteiger partial charge in [-0.25, -0.2) is 10.4 Å². The first-order chi connectivity index (χ1) is 39.1. The highest BCUT2D eigenvalue weighted by Gasteiger charge is 2.56. The first kappa shape index (κ1) is 56.2. The third kappa shape index (κ3) is 11.7. The summed E-state index contributed by atoms with van der Waals surface area (Å²) < 4.78 is 27.6. The minimum atomic E-state index is -0.985. The molecule has 4 aromatic heterocycles. The van der Waals surface area contributed by atoms with Gasteiger partial charge in [-0.3, -0.25) is 39.2 Å². The van der Waals surface area contributed by atoms with E-state index in [1.54, 1.807) is 29.7 Å². The normalized spacial score (nSPS) is 27.7. The number of pyridine rings is 2. The van der Waals surface area contributed by atoms with Gasteiger partial charge in [-0.1, -0.05) is 32.9 Å². The van der Waals surface area contributed by atoms with Gasteiger partial charge in [-0.15, -0.1) is 11.3 Å². The van der Waals surface area contributed by atoms with Crippen LogP contribution in [0.3, 0.4) is 0 Å². The van der Waals surface area contributed by atoms with Crippen LogP contribution in [-0.2, 0) is 46.3 Å². The summed E-state index contributed by atoms with van der Waals surface area (Å²) in [4.78, 5) is 67.8. The molecule has 434 valence electrons. The summed E-state index contributed by atoms with van der Waals surface area (Å²) in [6.07, 6.45) is 10.7. The van der Waals surface area contributed by atoms with Crippen LogP contribution in [0.5, 0.6) is 0 Å². The quantitative estimate of drug-likeness (QED) is 0.0848. The number of esters is 1. The summed E-state index contributed by atoms with van der Waals surface area (Å²) in [5.41, 5.74) is 11.6. The molecule has 7 fully saturated rings. The number of fused-ring (bicyclic) bond motifs is 7. The molecule has 5 aromatic rings. The third-order valence-corrected chi connectivity index (χ3v) is 19.6. The minimum Gasteiger partial charge on any atom is -0.464 e. The van der Waals surface area contributed by atoms with Crippen molar-refractivity contribution in [2.24, 2.45) is 23.2 Å². The van der Waals surface area contributed by atoms with Crippen LogP contribution in [0.15, 0.2) is 60.2 Å². The smallest absolute Gasteiger partial charge is 0.324 e. The molecule has 17 nitrogen and oxygen atoms in total. The van der Waals surface area contributed by atoms with Gasteiger partial charge in [0.1, 0.15) is 17.1 Å². The van der Waals surface area contributed by atoms with Crippen LogP contribution in [-0.4, -0.2) is 155 Å². The summed E-state index contributed by atoms with van der Waals surface area (Å²) in [5.74, 6) is -0.661. The van der Waals surface area contributed by atoms with E-state index in [0.29, 0.717) is 51.5 Å². The largest absolute Gasteiger partial charge is 0.464 e. The Morgan fingerprint density at radius 1 is 0.963 bits per heavy atom. The van der Waals surface area contributed by atoms with Gasteiger partial charge in [-0.05, 0) is 127 Å². The number of hydrazine groups is 1. The lowest BCUT2D eigenvalue weighted by Crippen LogP contribution is -2.62. The van der Waals surface area contributed by atoms with Gasteiger partial charge in [0.25, 0.3) is 5.91 Å². The molecule has 0 radical (unpaired) electrons. The highest BCUT2D eigenvalue weighted by atomic mass is 32.1. The molecule has 3 saturated carbocycles. The number of benzene rings is 1. The van der Waals surface area contributed by atoms with Gasteiger partial charge < -0.3 is 33.7 Å². The molecular formula is C63H84N10O7S. The molecule has 2 N–H and O–H groups in total. The number of anilines is 1. The van der Waals surface area contributed by atoms with E-state index in [2.05, 4.69) is 113 Å². The Hall–Kier alpha value is -5.34. The highest BCUT2D eigenvalue weighted by Crippen LogP contribution is 2.54. The monoisotopic (exact) mass is 1120 g/mol. The molecule has 8 aliphatic rings. The molecule has 0 spiro atoms. The Morgan fingerprint density at radius 3 is 2.51 bits per heavy atom. The molecule has 4 saturated heterocycles. The number of aromatic nitrogens is 4. The number of hydrogen-bond acceptors (Lipinski definition) is 15. The summed E-state index contributed by atoms with van der Waals surface area (Å²) in [7, 11) is 1.75. The van der Waals surface area contributed by atoms with Crippen LogP contribution in [0.2, 0.25) is 0 Å². The number of amides is 2. The second kappa shape index (κ2) is 23.4. The second-order valence-electron chi connectivity index (χ2n) is 25.5. The van der Waals surface area contributed by atoms with Crippen LogP contribution >= 0.6 is 11.3 Å². The van der Waals surface area contributed by atoms with Crippen molar-refractivity contribution in [1.82, 2.24) is 45.1 Å². The zero-order valence-electron chi connectivity index (χ0n) is 48.8. The lowest BCUT2D eigenvalue weighted by Gasteiger charge is -2.40. The molecule has 18 heteroatoms. The predicted molar refractivity (Wildman–Crippen MR) is 313 cm³/mol. The first-order valence-electron chi connectivity index (χ1n) is 30.2. The molecule has 2 amide bonds. The predicted octanol–water partition coefficient (Wildman–Crippen LogP) is 8.72. The molecule has 1 aromatic carbocycles. The van der Waals surface area contributed by atoms with Crippen LogP contribution in [0, 0.1) is 23.2 Å². The van der Waals surface area contributed by atoms with Crippen LogP contribution < -0.4 is 15.6 Å². The fraction of sp³-hybridized carbons (Fsp3) is 0.619. The van der Waals surface area contributed by atoms with Crippen molar-refractivity contribution in [1.29, 1.82) is 0 Å². The Kier molecular flexibility index (Phi) is 16.2. The number of carbonyl (C=O) groups is 3. The SMILES string of the molecule is CO[C@@H](C)c1ncc(N2CCN(C3CC3)CC2)cc1-c1c2c3cc(ccc3n1CCO[C@H](C)CCOC(C)C)-c1csc(n1)[C@@H](N1CC3CC1C3)[C@H](NC(=O)[C@@H]1[C@@H](C)[C@H]1c1ccccn1)C(=O)N1CCC[C@H](N1)C(=O)OCC(C)(C)C2. The topological polar surface area (TPSA) is 169 Å². The fourth-order valence-electron chi connectivity index (χ4n) is 13.8. The maximum atomic E-state index is 15.5. The van der Waals surface area contributed by atoms with Crippen molar-refractivity contribution in [2.45, 2.75) is 161 Å². The molecule has 81 heavy (non-hydrogen) atoms. The maximum Gasteiger partial charge on any atom is 0.324 e. The van der Waals surface area contributed by atoms with E-state index in [4.69, 9.17) is 28.9 Å². The van der Waals surface area contributed by atoms with Crippen LogP contribution in [0.4, 0.5) is 5.69 Å². The van der Waals surface area contributed by atoms with E-state index in [9.17, 15) is 9.59 Å². The number of methoxy groups -OCH3 is 1. The van der Waals surface area contributed by atoms with Crippen molar-refractivity contribution < 1.29 is 33.3 Å². The highest BCUT2D eigenvalue weighted by molar-refractivity contribution is 7.10. The Labute approximate surface area is 481 Å². The number of piperazine rings is 1. The maximum absolute atomic E-state index is 15.5. The van der Waals surface area contributed by atoms with Gasteiger partial charge in [-0.2, -0.15) is 0 Å². The summed E-state index contributed by atoms with van der Waals surface area (Å²) in [6, 6.07) is 13.6. The van der Waals surface area contributed by atoms with Gasteiger partial charge >= 0.3 is 5.97 Å². The Balaban J connectivity index is 0.984. The van der Waals surface area contributed by atoms with Crippen LogP contribution in [0.25, 0.3) is 33.4 Å². The summed E-state index contributed by atoms with van der Waals surface area (Å²) in [6.45, 7) is 21.6. The molecule has 13 rings (SSSR count). The molecule has 3 aliphatic carbocycles. The van der Waals surface area contributed by atoms with Gasteiger partial charge in [0.2, 0.25) is 5.91 Å². The lowest BCUT2D eigenvalue weighted by atomic mass is 9.84. The minimum absolute atomic E-state index is 0.0168. The molecule has 0 unspecified atom stereocenters. The molecule has 8 bridgehead atoms. The zero-order valence-corrected chi connectivity index (χ0v) is 49.6. The number of rotatable bonds is 17. The number of nitrogens with one attached hydrogen (secondary N) is 2. The first-order valence-corrected chi connectivity index (χ1v) is 31.1. The summed E-state index contributed by atoms with van der Waals surface area (Å²) >= 11 is 1.55. The standard InChI is InChI=1S/C63H84N10O7S/c1-37(2)78-26-18-38(3)79-27-25-71-52-17-14-42-30-46(52)48(57(71)47-31-45(33-65-55(47)40(5)77-8)70-23-21-69(22-24-70)43-15-16-43)32-63(6,7)36-80-62(76)50-13-11-20-73(68-50)61(75)56(67-59(74)54-39(4)53(54)49-12-9-10-19-64-49)58(60-66-51(42)35-81-60)72-34-41-28-44(72)29-41/h9-10,12,14,17,19,30-31,33,35,37-41,43-44,50,53-54,56,58,68H,11,13,15-16,18,20-29,32,34,36H2,1-8H3,(H,67,74)/t38-,39+,40+,41?,44?,50+,53+,54-,56+,58+/m1/s1. The van der Waals surface area contributed by atoms with E-state index < -0.39 is 29.5 Å². The van der Waals surface area contributed by atoms with Crippen molar-refractivity contribution in [3.63, 3.8) is 0 Å². The second-order valence-corrected chi connectivity index (χ2v) is 26.4. The van der Waals surface area contributed by atoms with Crippen molar-refractivity contribution in [3.8, 4) is 22.5 Å². The van der Waals surface area contributed by atoms with E-state index in [-0.39, 0.29) is 60.5 Å². The average Bonchev–Trinajstić information content (AvgIpc) is 4.39. The van der Waals surface area contributed by atoms with Crippen molar-refractivity contribution >= 4 is 45.7 Å². The zero-order chi connectivity index (χ0) is 56.3. The average molecular weight is 1130 g/mol. The van der Waals surface area contributed by atoms with Crippen LogP contribution in [0.1, 0.15) is 133 Å². The Bertz CT molecular complexity index is 3080. The number of cyclic esters (lactones) is 1. The number of thiazole rings is 1. The molecular weight excluding hydrogens is 1040 g/mol.